The van der Waals surface area contributed by atoms with Gasteiger partial charge in [-0.3, -0.25) is 9.59 Å². The topological polar surface area (TPSA) is 67.2 Å². The Balaban J connectivity index is 2.08. The molecule has 1 atom stereocenters. The lowest BCUT2D eigenvalue weighted by molar-refractivity contribution is -0.122. The number of rotatable bonds is 5. The number of carbonyl (C=O) groups is 1. The van der Waals surface area contributed by atoms with Crippen LogP contribution in [0.2, 0.25) is 0 Å². The predicted octanol–water partition coefficient (Wildman–Crippen LogP) is 0.463. The highest BCUT2D eigenvalue weighted by molar-refractivity contribution is 5.81. The first-order valence-corrected chi connectivity index (χ1v) is 6.87. The Bertz CT molecular complexity index is 693. The van der Waals surface area contributed by atoms with E-state index in [0.717, 1.165) is 5.39 Å². The van der Waals surface area contributed by atoms with E-state index in [0.29, 0.717) is 11.9 Å². The van der Waals surface area contributed by atoms with Gasteiger partial charge < -0.3 is 10.2 Å². The van der Waals surface area contributed by atoms with Crippen LogP contribution in [0, 0.1) is 0 Å². The Kier molecular flexibility index (Phi) is 4.70. The summed E-state index contributed by atoms with van der Waals surface area (Å²) >= 11 is 0. The van der Waals surface area contributed by atoms with Gasteiger partial charge in [0.25, 0.3) is 5.56 Å². The number of likely N-dealkylation sites (N-methyl/N-ethyl adjacent to an activating group) is 1. The number of hydrogen-bond donors (Lipinski definition) is 1. The van der Waals surface area contributed by atoms with E-state index >= 15 is 0 Å². The zero-order chi connectivity index (χ0) is 15.4. The molecule has 0 saturated carbocycles. The van der Waals surface area contributed by atoms with Crippen molar-refractivity contribution in [1.82, 2.24) is 20.0 Å². The highest BCUT2D eigenvalue weighted by Crippen LogP contribution is 2.06. The van der Waals surface area contributed by atoms with Crippen LogP contribution in [-0.2, 0) is 11.3 Å². The van der Waals surface area contributed by atoms with Crippen molar-refractivity contribution >= 4 is 16.7 Å². The van der Waals surface area contributed by atoms with E-state index in [9.17, 15) is 9.59 Å². The smallest absolute Gasteiger partial charge is 0.275 e. The molecule has 1 aromatic carbocycles. The van der Waals surface area contributed by atoms with Crippen LogP contribution in [0.15, 0.2) is 35.3 Å². The number of nitrogens with zero attached hydrogens (tertiary/aromatic N) is 3. The second-order valence-electron chi connectivity index (χ2n) is 5.31. The molecule has 1 aromatic heterocycles. The molecule has 0 unspecified atom stereocenters. The van der Waals surface area contributed by atoms with Gasteiger partial charge in [0, 0.05) is 18.0 Å². The van der Waals surface area contributed by atoms with Gasteiger partial charge in [-0.25, -0.2) is 4.68 Å². The minimum atomic E-state index is -0.246. The summed E-state index contributed by atoms with van der Waals surface area (Å²) in [6, 6.07) is 7.44. The Hall–Kier alpha value is -2.21. The number of nitrogens with one attached hydrogen (secondary N) is 1. The second-order valence-corrected chi connectivity index (χ2v) is 5.31. The van der Waals surface area contributed by atoms with Crippen molar-refractivity contribution in [3.63, 3.8) is 0 Å². The Labute approximate surface area is 123 Å². The molecule has 0 saturated heterocycles. The third-order valence-corrected chi connectivity index (χ3v) is 3.53. The maximum Gasteiger partial charge on any atom is 0.275 e. The molecule has 1 amide bonds. The van der Waals surface area contributed by atoms with Gasteiger partial charge in [0.15, 0.2) is 0 Å². The van der Waals surface area contributed by atoms with Crippen LogP contribution in [0.3, 0.4) is 0 Å². The number of benzene rings is 1. The highest BCUT2D eigenvalue weighted by Gasteiger charge is 2.10. The van der Waals surface area contributed by atoms with Gasteiger partial charge in [-0.1, -0.05) is 18.2 Å². The summed E-state index contributed by atoms with van der Waals surface area (Å²) in [6.45, 7) is 2.48. The Morgan fingerprint density at radius 1 is 1.38 bits per heavy atom. The summed E-state index contributed by atoms with van der Waals surface area (Å²) in [6.07, 6.45) is 1.60. The number of carbonyl (C=O) groups excluding carboxylic acids is 1. The molecule has 0 aliphatic rings. The maximum absolute atomic E-state index is 12.2. The molecule has 1 N–H and O–H groups in total. The Morgan fingerprint density at radius 2 is 2.10 bits per heavy atom. The van der Waals surface area contributed by atoms with E-state index < -0.39 is 0 Å². The van der Waals surface area contributed by atoms with Gasteiger partial charge in [-0.05, 0) is 27.1 Å². The van der Waals surface area contributed by atoms with E-state index in [1.165, 1.54) is 4.68 Å². The molecule has 2 rings (SSSR count). The zero-order valence-electron chi connectivity index (χ0n) is 12.5. The molecule has 6 heteroatoms. The minimum absolute atomic E-state index is 0.0657. The monoisotopic (exact) mass is 288 g/mol. The van der Waals surface area contributed by atoms with Gasteiger partial charge in [-0.2, -0.15) is 5.10 Å². The second kappa shape index (κ2) is 6.49. The molecule has 112 valence electrons. The molecule has 0 aliphatic carbocycles. The van der Waals surface area contributed by atoms with E-state index in [2.05, 4.69) is 10.4 Å². The van der Waals surface area contributed by atoms with Crippen molar-refractivity contribution in [2.45, 2.75) is 19.5 Å². The SMILES string of the molecule is C[C@@H](CNC(=O)Cn1ncc2ccccc2c1=O)N(C)C. The first-order chi connectivity index (χ1) is 9.99. The van der Waals surface area contributed by atoms with E-state index in [1.54, 1.807) is 18.3 Å². The lowest BCUT2D eigenvalue weighted by Crippen LogP contribution is -2.40. The van der Waals surface area contributed by atoms with E-state index in [1.807, 2.05) is 38.1 Å². The number of aromatic nitrogens is 2. The summed E-state index contributed by atoms with van der Waals surface area (Å²) in [5.74, 6) is -0.214. The normalized spacial score (nSPS) is 12.6. The van der Waals surface area contributed by atoms with Crippen LogP contribution in [0.5, 0.6) is 0 Å². The molecule has 2 aromatic rings. The number of fused-ring (bicyclic) bond motifs is 1. The molecule has 0 aliphatic heterocycles. The van der Waals surface area contributed by atoms with Crippen LogP contribution in [0.4, 0.5) is 0 Å². The van der Waals surface area contributed by atoms with Gasteiger partial charge >= 0.3 is 0 Å². The highest BCUT2D eigenvalue weighted by atomic mass is 16.2. The maximum atomic E-state index is 12.2. The van der Waals surface area contributed by atoms with E-state index in [-0.39, 0.29) is 24.1 Å². The van der Waals surface area contributed by atoms with Crippen molar-refractivity contribution in [3.05, 3.63) is 40.8 Å². The average Bonchev–Trinajstić information content (AvgIpc) is 2.48. The lowest BCUT2D eigenvalue weighted by atomic mass is 10.2. The molecule has 0 radical (unpaired) electrons. The fourth-order valence-corrected chi connectivity index (χ4v) is 1.88. The van der Waals surface area contributed by atoms with Crippen LogP contribution in [-0.4, -0.2) is 47.3 Å². The average molecular weight is 288 g/mol. The van der Waals surface area contributed by atoms with Crippen molar-refractivity contribution in [2.24, 2.45) is 0 Å². The van der Waals surface area contributed by atoms with Gasteiger partial charge in [0.05, 0.1) is 11.6 Å². The van der Waals surface area contributed by atoms with Crippen molar-refractivity contribution < 1.29 is 4.79 Å². The largest absolute Gasteiger partial charge is 0.353 e. The Morgan fingerprint density at radius 3 is 2.81 bits per heavy atom. The summed E-state index contributed by atoms with van der Waals surface area (Å²) in [5, 5.41) is 8.20. The fraction of sp³-hybridized carbons (Fsp3) is 0.400. The zero-order valence-corrected chi connectivity index (χ0v) is 12.5. The summed E-state index contributed by atoms with van der Waals surface area (Å²) < 4.78 is 1.19. The summed E-state index contributed by atoms with van der Waals surface area (Å²) in [5.41, 5.74) is -0.246. The first kappa shape index (κ1) is 15.2. The van der Waals surface area contributed by atoms with Gasteiger partial charge in [0.1, 0.15) is 6.54 Å². The van der Waals surface area contributed by atoms with Crippen LogP contribution in [0.1, 0.15) is 6.92 Å². The number of amides is 1. The fourth-order valence-electron chi connectivity index (χ4n) is 1.88. The number of hydrogen-bond acceptors (Lipinski definition) is 4. The molecule has 0 bridgehead atoms. The third kappa shape index (κ3) is 3.66. The van der Waals surface area contributed by atoms with Crippen molar-refractivity contribution in [3.8, 4) is 0 Å². The lowest BCUT2D eigenvalue weighted by Gasteiger charge is -2.19. The standard InChI is InChI=1S/C15H20N4O2/c1-11(18(2)3)8-16-14(20)10-19-15(21)13-7-5-4-6-12(13)9-17-19/h4-7,9,11H,8,10H2,1-3H3,(H,16,20)/t11-/m0/s1. The van der Waals surface area contributed by atoms with Crippen molar-refractivity contribution in [1.29, 1.82) is 0 Å². The summed E-state index contributed by atoms with van der Waals surface area (Å²) in [4.78, 5) is 26.1. The van der Waals surface area contributed by atoms with E-state index in [4.69, 9.17) is 0 Å². The van der Waals surface area contributed by atoms with Crippen LogP contribution >= 0.6 is 0 Å². The molecular weight excluding hydrogens is 268 g/mol. The predicted molar refractivity (Wildman–Crippen MR) is 82.2 cm³/mol. The first-order valence-electron chi connectivity index (χ1n) is 6.87. The third-order valence-electron chi connectivity index (χ3n) is 3.53. The van der Waals surface area contributed by atoms with Gasteiger partial charge in [0.2, 0.25) is 5.91 Å². The molecule has 6 nitrogen and oxygen atoms in total. The van der Waals surface area contributed by atoms with Gasteiger partial charge in [-0.15, -0.1) is 0 Å². The molecule has 1 heterocycles. The summed E-state index contributed by atoms with van der Waals surface area (Å²) in [7, 11) is 3.90. The molecule has 21 heavy (non-hydrogen) atoms. The minimum Gasteiger partial charge on any atom is -0.353 e. The quantitative estimate of drug-likeness (QED) is 0.868. The molecule has 0 fully saturated rings. The molecular formula is C15H20N4O2. The van der Waals surface area contributed by atoms with Crippen LogP contribution in [0.25, 0.3) is 10.8 Å². The molecule has 0 spiro atoms. The van der Waals surface area contributed by atoms with Crippen molar-refractivity contribution in [2.75, 3.05) is 20.6 Å². The van der Waals surface area contributed by atoms with Crippen LogP contribution < -0.4 is 10.9 Å².